The summed E-state index contributed by atoms with van der Waals surface area (Å²) in [6.07, 6.45) is 7.96. The van der Waals surface area contributed by atoms with Crippen molar-refractivity contribution in [1.82, 2.24) is 14.5 Å². The van der Waals surface area contributed by atoms with Crippen molar-refractivity contribution in [3.8, 4) is 5.82 Å². The number of anilines is 1. The molecule has 0 bridgehead atoms. The molecule has 0 aromatic carbocycles. The third kappa shape index (κ3) is 3.59. The Hall–Kier alpha value is -1.84. The Kier molecular flexibility index (Phi) is 4.77. The van der Waals surface area contributed by atoms with Gasteiger partial charge >= 0.3 is 0 Å². The molecular formula is C16H24N4. The number of aromatic nitrogens is 3. The minimum absolute atomic E-state index is 0.434. The Morgan fingerprint density at radius 3 is 2.60 bits per heavy atom. The molecule has 1 N–H and O–H groups in total. The van der Waals surface area contributed by atoms with E-state index < -0.39 is 0 Å². The van der Waals surface area contributed by atoms with Crippen molar-refractivity contribution >= 4 is 5.69 Å². The van der Waals surface area contributed by atoms with Gasteiger partial charge in [0.25, 0.3) is 0 Å². The van der Waals surface area contributed by atoms with E-state index in [1.807, 2.05) is 30.0 Å². The van der Waals surface area contributed by atoms with Gasteiger partial charge in [-0.3, -0.25) is 4.57 Å². The number of hydrogen-bond acceptors (Lipinski definition) is 3. The van der Waals surface area contributed by atoms with E-state index in [0.717, 1.165) is 29.7 Å². The summed E-state index contributed by atoms with van der Waals surface area (Å²) in [5.41, 5.74) is 1.06. The monoisotopic (exact) mass is 272 g/mol. The molecule has 2 aromatic rings. The molecule has 0 aliphatic carbocycles. The van der Waals surface area contributed by atoms with Crippen LogP contribution < -0.4 is 5.32 Å². The molecule has 0 amide bonds. The van der Waals surface area contributed by atoms with E-state index in [0.29, 0.717) is 6.04 Å². The molecule has 108 valence electrons. The topological polar surface area (TPSA) is 42.7 Å². The predicted molar refractivity (Wildman–Crippen MR) is 83.3 cm³/mol. The maximum absolute atomic E-state index is 4.49. The first-order chi connectivity index (χ1) is 9.58. The molecule has 1 unspecified atom stereocenters. The number of nitrogens with zero attached hydrogens (tertiary/aromatic N) is 3. The SMILES string of the molecule is Cc1nccn1-c1ncccc1NC(C)CCC(C)C. The molecule has 0 spiro atoms. The van der Waals surface area contributed by atoms with Gasteiger partial charge in [0.05, 0.1) is 5.69 Å². The maximum Gasteiger partial charge on any atom is 0.161 e. The largest absolute Gasteiger partial charge is 0.380 e. The number of rotatable bonds is 6. The van der Waals surface area contributed by atoms with Crippen LogP contribution in [-0.4, -0.2) is 20.6 Å². The van der Waals surface area contributed by atoms with Crippen LogP contribution in [0.5, 0.6) is 0 Å². The predicted octanol–water partition coefficient (Wildman–Crippen LogP) is 3.81. The molecule has 4 nitrogen and oxygen atoms in total. The normalized spacial score (nSPS) is 12.7. The van der Waals surface area contributed by atoms with Crippen molar-refractivity contribution in [3.63, 3.8) is 0 Å². The van der Waals surface area contributed by atoms with Crippen molar-refractivity contribution in [2.75, 3.05) is 5.32 Å². The molecule has 2 rings (SSSR count). The first-order valence-electron chi connectivity index (χ1n) is 7.29. The Labute approximate surface area is 121 Å². The number of imidazole rings is 1. The fourth-order valence-corrected chi connectivity index (χ4v) is 2.22. The third-order valence-corrected chi connectivity index (χ3v) is 3.42. The lowest BCUT2D eigenvalue weighted by molar-refractivity contribution is 0.527. The Morgan fingerprint density at radius 1 is 1.15 bits per heavy atom. The molecule has 0 fully saturated rings. The van der Waals surface area contributed by atoms with Crippen LogP contribution in [-0.2, 0) is 0 Å². The summed E-state index contributed by atoms with van der Waals surface area (Å²) in [6.45, 7) is 8.73. The summed E-state index contributed by atoms with van der Waals surface area (Å²) in [6, 6.07) is 4.48. The zero-order valence-electron chi connectivity index (χ0n) is 12.8. The van der Waals surface area contributed by atoms with Gasteiger partial charge in [0, 0.05) is 24.6 Å². The molecule has 1 atom stereocenters. The minimum Gasteiger partial charge on any atom is -0.380 e. The summed E-state index contributed by atoms with van der Waals surface area (Å²) in [7, 11) is 0. The molecule has 0 saturated heterocycles. The van der Waals surface area contributed by atoms with Gasteiger partial charge < -0.3 is 5.32 Å². The number of nitrogens with one attached hydrogen (secondary N) is 1. The summed E-state index contributed by atoms with van der Waals surface area (Å²) >= 11 is 0. The van der Waals surface area contributed by atoms with E-state index in [9.17, 15) is 0 Å². The molecule has 20 heavy (non-hydrogen) atoms. The summed E-state index contributed by atoms with van der Waals surface area (Å²) in [4.78, 5) is 8.76. The molecule has 0 radical (unpaired) electrons. The van der Waals surface area contributed by atoms with Crippen molar-refractivity contribution in [2.45, 2.75) is 46.6 Å². The lowest BCUT2D eigenvalue weighted by Gasteiger charge is -2.19. The quantitative estimate of drug-likeness (QED) is 0.869. The van der Waals surface area contributed by atoms with E-state index in [-0.39, 0.29) is 0 Å². The smallest absolute Gasteiger partial charge is 0.161 e. The standard InChI is InChI=1S/C16H24N4/c1-12(2)7-8-13(3)19-15-6-5-9-18-16(15)20-11-10-17-14(20)4/h5-6,9-13,19H,7-8H2,1-4H3. The molecule has 0 aliphatic rings. The van der Waals surface area contributed by atoms with Crippen LogP contribution in [0.2, 0.25) is 0 Å². The van der Waals surface area contributed by atoms with Crippen LogP contribution in [0.4, 0.5) is 5.69 Å². The van der Waals surface area contributed by atoms with Crippen LogP contribution >= 0.6 is 0 Å². The fourth-order valence-electron chi connectivity index (χ4n) is 2.22. The summed E-state index contributed by atoms with van der Waals surface area (Å²) < 4.78 is 2.01. The van der Waals surface area contributed by atoms with Gasteiger partial charge in [-0.15, -0.1) is 0 Å². The summed E-state index contributed by atoms with van der Waals surface area (Å²) in [5.74, 6) is 2.60. The highest BCUT2D eigenvalue weighted by molar-refractivity contribution is 5.57. The van der Waals surface area contributed by atoms with Crippen molar-refractivity contribution in [2.24, 2.45) is 5.92 Å². The highest BCUT2D eigenvalue weighted by Gasteiger charge is 2.10. The Morgan fingerprint density at radius 2 is 1.95 bits per heavy atom. The van der Waals surface area contributed by atoms with E-state index in [1.165, 1.54) is 6.42 Å². The van der Waals surface area contributed by atoms with Crippen LogP contribution in [0.1, 0.15) is 39.4 Å². The van der Waals surface area contributed by atoms with E-state index in [4.69, 9.17) is 0 Å². The van der Waals surface area contributed by atoms with Crippen molar-refractivity contribution < 1.29 is 0 Å². The average Bonchev–Trinajstić information content (AvgIpc) is 2.83. The van der Waals surface area contributed by atoms with Crippen LogP contribution in [0.15, 0.2) is 30.7 Å². The van der Waals surface area contributed by atoms with E-state index in [1.54, 1.807) is 6.20 Å². The lowest BCUT2D eigenvalue weighted by atomic mass is 10.0. The van der Waals surface area contributed by atoms with Gasteiger partial charge in [-0.1, -0.05) is 13.8 Å². The first kappa shape index (κ1) is 14.6. The first-order valence-corrected chi connectivity index (χ1v) is 7.29. The van der Waals surface area contributed by atoms with Gasteiger partial charge in [-0.05, 0) is 44.7 Å². The molecule has 2 aromatic heterocycles. The van der Waals surface area contributed by atoms with Crippen molar-refractivity contribution in [1.29, 1.82) is 0 Å². The van der Waals surface area contributed by atoms with Crippen LogP contribution in [0.25, 0.3) is 5.82 Å². The fraction of sp³-hybridized carbons (Fsp3) is 0.500. The Balaban J connectivity index is 2.15. The van der Waals surface area contributed by atoms with Crippen LogP contribution in [0, 0.1) is 12.8 Å². The molecular weight excluding hydrogens is 248 g/mol. The Bertz CT molecular complexity index is 545. The second-order valence-electron chi connectivity index (χ2n) is 5.74. The highest BCUT2D eigenvalue weighted by Crippen LogP contribution is 2.20. The molecule has 4 heteroatoms. The highest BCUT2D eigenvalue weighted by atomic mass is 15.1. The van der Waals surface area contributed by atoms with Gasteiger partial charge in [0.1, 0.15) is 5.82 Å². The molecule has 0 aliphatic heterocycles. The van der Waals surface area contributed by atoms with E-state index >= 15 is 0 Å². The zero-order valence-corrected chi connectivity index (χ0v) is 12.8. The maximum atomic E-state index is 4.49. The summed E-state index contributed by atoms with van der Waals surface area (Å²) in [5, 5.41) is 3.57. The number of hydrogen-bond donors (Lipinski definition) is 1. The van der Waals surface area contributed by atoms with Gasteiger partial charge in [-0.25, -0.2) is 9.97 Å². The molecule has 2 heterocycles. The third-order valence-electron chi connectivity index (χ3n) is 3.42. The van der Waals surface area contributed by atoms with Crippen LogP contribution in [0.3, 0.4) is 0 Å². The number of pyridine rings is 1. The molecule has 0 saturated carbocycles. The van der Waals surface area contributed by atoms with Gasteiger partial charge in [-0.2, -0.15) is 0 Å². The second kappa shape index (κ2) is 6.55. The number of aryl methyl sites for hydroxylation is 1. The van der Waals surface area contributed by atoms with Gasteiger partial charge in [0.2, 0.25) is 0 Å². The lowest BCUT2D eigenvalue weighted by Crippen LogP contribution is -2.18. The second-order valence-corrected chi connectivity index (χ2v) is 5.74. The van der Waals surface area contributed by atoms with E-state index in [2.05, 4.69) is 42.1 Å². The average molecular weight is 272 g/mol. The zero-order chi connectivity index (χ0) is 14.5. The van der Waals surface area contributed by atoms with Crippen molar-refractivity contribution in [3.05, 3.63) is 36.5 Å². The minimum atomic E-state index is 0.434. The van der Waals surface area contributed by atoms with Gasteiger partial charge in [0.15, 0.2) is 5.82 Å².